The van der Waals surface area contributed by atoms with Gasteiger partial charge in [-0.2, -0.15) is 0 Å². The number of halogens is 3. The number of ether oxygens (including phenoxy) is 1. The summed E-state index contributed by atoms with van der Waals surface area (Å²) in [4.78, 5) is 0. The third kappa shape index (κ3) is 4.74. The highest BCUT2D eigenvalue weighted by Gasteiger charge is 2.06. The Bertz CT molecular complexity index is 872. The van der Waals surface area contributed by atoms with Crippen molar-refractivity contribution in [1.82, 2.24) is 0 Å². The number of nitrogens with one attached hydrogen (secondary N) is 1. The highest BCUT2D eigenvalue weighted by molar-refractivity contribution is 9.10. The fraction of sp³-hybridized carbons (Fsp3) is 0.100. The minimum absolute atomic E-state index is 0.188. The van der Waals surface area contributed by atoms with E-state index in [0.29, 0.717) is 17.1 Å². The molecule has 0 amide bonds. The molecule has 128 valence electrons. The molecule has 0 aliphatic heterocycles. The van der Waals surface area contributed by atoms with E-state index < -0.39 is 0 Å². The van der Waals surface area contributed by atoms with Crippen LogP contribution in [-0.4, -0.2) is 0 Å². The van der Waals surface area contributed by atoms with E-state index in [1.54, 1.807) is 18.2 Å². The van der Waals surface area contributed by atoms with Crippen LogP contribution in [0.3, 0.4) is 0 Å². The van der Waals surface area contributed by atoms with Crippen molar-refractivity contribution in [2.75, 3.05) is 5.32 Å². The molecule has 2 nitrogen and oxygen atoms in total. The Kier molecular flexibility index (Phi) is 5.95. The van der Waals surface area contributed by atoms with E-state index in [1.807, 2.05) is 42.5 Å². The van der Waals surface area contributed by atoms with Gasteiger partial charge in [0.25, 0.3) is 0 Å². The minimum atomic E-state index is -0.261. The molecule has 5 heteroatoms. The maximum absolute atomic E-state index is 13.7. The molecule has 0 radical (unpaired) electrons. The lowest BCUT2D eigenvalue weighted by molar-refractivity contribution is 0.297. The average molecular weight is 421 g/mol. The van der Waals surface area contributed by atoms with Crippen LogP contribution in [-0.2, 0) is 13.2 Å². The molecule has 3 aromatic carbocycles. The monoisotopic (exact) mass is 419 g/mol. The van der Waals surface area contributed by atoms with E-state index in [1.165, 1.54) is 6.07 Å². The van der Waals surface area contributed by atoms with E-state index in [4.69, 9.17) is 16.3 Å². The Morgan fingerprint density at radius 2 is 1.68 bits per heavy atom. The van der Waals surface area contributed by atoms with Crippen LogP contribution < -0.4 is 10.1 Å². The van der Waals surface area contributed by atoms with Gasteiger partial charge in [0.2, 0.25) is 0 Å². The first kappa shape index (κ1) is 17.8. The quantitative estimate of drug-likeness (QED) is 0.496. The van der Waals surface area contributed by atoms with Crippen LogP contribution in [0.2, 0.25) is 5.02 Å². The van der Waals surface area contributed by atoms with Gasteiger partial charge >= 0.3 is 0 Å². The number of anilines is 1. The molecular weight excluding hydrogens is 405 g/mol. The topological polar surface area (TPSA) is 21.3 Å². The molecule has 0 aliphatic carbocycles. The van der Waals surface area contributed by atoms with Crippen molar-refractivity contribution in [3.05, 3.63) is 93.2 Å². The lowest BCUT2D eigenvalue weighted by Gasteiger charge is -2.13. The van der Waals surface area contributed by atoms with Crippen LogP contribution in [0.4, 0.5) is 10.1 Å². The lowest BCUT2D eigenvalue weighted by Crippen LogP contribution is -2.04. The first-order valence-electron chi connectivity index (χ1n) is 7.76. The summed E-state index contributed by atoms with van der Waals surface area (Å²) in [5.41, 5.74) is 2.43. The fourth-order valence-electron chi connectivity index (χ4n) is 2.37. The van der Waals surface area contributed by atoms with E-state index in [9.17, 15) is 4.39 Å². The number of para-hydroxylation sites is 1. The van der Waals surface area contributed by atoms with Gasteiger partial charge in [-0.25, -0.2) is 4.39 Å². The third-order valence-corrected chi connectivity index (χ3v) is 4.95. The molecule has 0 unspecified atom stereocenters. The molecule has 0 heterocycles. The summed E-state index contributed by atoms with van der Waals surface area (Å²) < 4.78 is 20.4. The summed E-state index contributed by atoms with van der Waals surface area (Å²) in [5, 5.41) is 3.97. The number of hydrogen-bond donors (Lipinski definition) is 1. The molecule has 0 saturated heterocycles. The van der Waals surface area contributed by atoms with E-state index in [2.05, 4.69) is 21.2 Å². The zero-order chi connectivity index (χ0) is 17.6. The van der Waals surface area contributed by atoms with Gasteiger partial charge in [0.05, 0.1) is 5.02 Å². The summed E-state index contributed by atoms with van der Waals surface area (Å²) in [5.74, 6) is 0.462. The molecule has 0 aliphatic rings. The van der Waals surface area contributed by atoms with Gasteiger partial charge in [0.15, 0.2) is 0 Å². The fourth-order valence-corrected chi connectivity index (χ4v) is 2.79. The molecule has 3 aromatic rings. The molecule has 0 fully saturated rings. The van der Waals surface area contributed by atoms with E-state index >= 15 is 0 Å². The van der Waals surface area contributed by atoms with Gasteiger partial charge in [0, 0.05) is 27.8 Å². The largest absolute Gasteiger partial charge is 0.488 e. The van der Waals surface area contributed by atoms with Crippen LogP contribution in [0, 0.1) is 5.82 Å². The highest BCUT2D eigenvalue weighted by Crippen LogP contribution is 2.27. The van der Waals surface area contributed by atoms with Crippen LogP contribution in [0.1, 0.15) is 11.1 Å². The number of benzene rings is 3. The van der Waals surface area contributed by atoms with Crippen molar-refractivity contribution in [3.63, 3.8) is 0 Å². The first-order valence-corrected chi connectivity index (χ1v) is 8.93. The molecule has 0 aromatic heterocycles. The predicted octanol–water partition coefficient (Wildman–Crippen LogP) is 6.43. The summed E-state index contributed by atoms with van der Waals surface area (Å²) in [6.45, 7) is 0.763. The Morgan fingerprint density at radius 1 is 0.960 bits per heavy atom. The van der Waals surface area contributed by atoms with Gasteiger partial charge < -0.3 is 10.1 Å². The predicted molar refractivity (Wildman–Crippen MR) is 104 cm³/mol. The van der Waals surface area contributed by atoms with Gasteiger partial charge in [-0.3, -0.25) is 0 Å². The van der Waals surface area contributed by atoms with Crippen molar-refractivity contribution in [3.8, 4) is 5.75 Å². The van der Waals surface area contributed by atoms with Crippen LogP contribution in [0.5, 0.6) is 5.75 Å². The molecule has 0 bridgehead atoms. The van der Waals surface area contributed by atoms with Gasteiger partial charge in [-0.1, -0.05) is 48.0 Å². The Hall–Kier alpha value is -2.04. The number of rotatable bonds is 6. The molecular formula is C20H16BrClFNO. The highest BCUT2D eigenvalue weighted by atomic mass is 79.9. The van der Waals surface area contributed by atoms with Gasteiger partial charge in [-0.05, 0) is 46.3 Å². The maximum atomic E-state index is 13.7. The van der Waals surface area contributed by atoms with Crippen LogP contribution in [0.15, 0.2) is 71.2 Å². The van der Waals surface area contributed by atoms with Crippen LogP contribution >= 0.6 is 27.5 Å². The second-order valence-electron chi connectivity index (χ2n) is 5.47. The minimum Gasteiger partial charge on any atom is -0.488 e. The first-order chi connectivity index (χ1) is 12.1. The molecule has 0 atom stereocenters. The van der Waals surface area contributed by atoms with Gasteiger partial charge in [0.1, 0.15) is 18.2 Å². The zero-order valence-electron chi connectivity index (χ0n) is 13.3. The smallest absolute Gasteiger partial charge is 0.129 e. The summed E-state index contributed by atoms with van der Waals surface area (Å²) in [7, 11) is 0. The molecule has 0 saturated carbocycles. The Morgan fingerprint density at radius 3 is 2.44 bits per heavy atom. The van der Waals surface area contributed by atoms with E-state index in [-0.39, 0.29) is 12.4 Å². The van der Waals surface area contributed by atoms with Gasteiger partial charge in [-0.15, -0.1) is 0 Å². The lowest BCUT2D eigenvalue weighted by atomic mass is 10.2. The standard InChI is InChI=1S/C20H16BrClFNO/c21-17-10-9-16(11-18(17)22)24-12-14-5-2-4-8-20(14)25-13-15-6-1-3-7-19(15)23/h1-11,24H,12-13H2. The zero-order valence-corrected chi connectivity index (χ0v) is 15.6. The second kappa shape index (κ2) is 8.37. The molecule has 0 spiro atoms. The molecule has 1 N–H and O–H groups in total. The summed E-state index contributed by atoms with van der Waals surface area (Å²) in [6.07, 6.45) is 0. The Balaban J connectivity index is 1.68. The van der Waals surface area contributed by atoms with Crippen molar-refractivity contribution in [1.29, 1.82) is 0 Å². The number of hydrogen-bond acceptors (Lipinski definition) is 2. The van der Waals surface area contributed by atoms with Crippen molar-refractivity contribution < 1.29 is 9.13 Å². The van der Waals surface area contributed by atoms with Crippen LogP contribution in [0.25, 0.3) is 0 Å². The Labute approximate surface area is 159 Å². The average Bonchev–Trinajstić information content (AvgIpc) is 2.63. The summed E-state index contributed by atoms with van der Waals surface area (Å²) >= 11 is 9.49. The van der Waals surface area contributed by atoms with Crippen molar-refractivity contribution in [2.24, 2.45) is 0 Å². The van der Waals surface area contributed by atoms with Crippen molar-refractivity contribution in [2.45, 2.75) is 13.2 Å². The third-order valence-electron chi connectivity index (χ3n) is 3.72. The molecule has 3 rings (SSSR count). The van der Waals surface area contributed by atoms with E-state index in [0.717, 1.165) is 21.5 Å². The normalized spacial score (nSPS) is 10.5. The summed E-state index contributed by atoms with van der Waals surface area (Å²) in [6, 6.07) is 20.0. The molecule has 25 heavy (non-hydrogen) atoms. The SMILES string of the molecule is Fc1ccccc1COc1ccccc1CNc1ccc(Br)c(Cl)c1. The second-order valence-corrected chi connectivity index (χ2v) is 6.73. The maximum Gasteiger partial charge on any atom is 0.129 e. The van der Waals surface area contributed by atoms with Crippen molar-refractivity contribution >= 4 is 33.2 Å².